The van der Waals surface area contributed by atoms with Crippen LogP contribution in [0.4, 0.5) is 0 Å². The first-order chi connectivity index (χ1) is 45.1. The molecule has 0 aromatic carbocycles. The van der Waals surface area contributed by atoms with E-state index in [0.717, 1.165) is 52.4 Å². The first-order valence-corrected chi connectivity index (χ1v) is 40.6. The van der Waals surface area contributed by atoms with Gasteiger partial charge in [-0.1, -0.05) is 218 Å². The second kappa shape index (κ2) is 89.9. The van der Waals surface area contributed by atoms with E-state index < -0.39 is 0 Å². The highest BCUT2D eigenvalue weighted by molar-refractivity contribution is 5.01. The number of ether oxygens (including phenoxy) is 1. The van der Waals surface area contributed by atoms with E-state index in [1.54, 1.807) is 0 Å². The largest absolute Gasteiger partial charge is 0.379 e. The fourth-order valence-electron chi connectivity index (χ4n) is 10.4. The van der Waals surface area contributed by atoms with Crippen LogP contribution >= 0.6 is 0 Å². The van der Waals surface area contributed by atoms with Crippen LogP contribution in [0.5, 0.6) is 0 Å². The summed E-state index contributed by atoms with van der Waals surface area (Å²) >= 11 is 0. The first kappa shape index (κ1) is 107. The molecule has 0 amide bonds. The molecule has 0 aromatic rings. The summed E-state index contributed by atoms with van der Waals surface area (Å²) in [5.41, 5.74) is 0.0933. The lowest BCUT2D eigenvalue weighted by Crippen LogP contribution is -2.44. The predicted molar refractivity (Wildman–Crippen MR) is 424 cm³/mol. The molecule has 0 aliphatic carbocycles. The van der Waals surface area contributed by atoms with E-state index in [-0.39, 0.29) is 5.66 Å². The van der Waals surface area contributed by atoms with E-state index in [2.05, 4.69) is 153 Å². The monoisotopic (exact) mass is 1320 g/mol. The van der Waals surface area contributed by atoms with Gasteiger partial charge in [0.05, 0.1) is 13.2 Å². The number of morpholine rings is 1. The Balaban J connectivity index is -0.000000140. The van der Waals surface area contributed by atoms with E-state index in [1.165, 1.54) is 247 Å². The minimum Gasteiger partial charge on any atom is -0.379 e. The van der Waals surface area contributed by atoms with Crippen molar-refractivity contribution in [3.8, 4) is 0 Å². The van der Waals surface area contributed by atoms with Gasteiger partial charge < -0.3 is 43.9 Å². The number of likely N-dealkylation sites (N-methyl/N-ethyl adjacent to an activating group) is 7. The average molecular weight is 1320 g/mol. The van der Waals surface area contributed by atoms with Gasteiger partial charge in [-0.25, -0.2) is 0 Å². The van der Waals surface area contributed by atoms with E-state index >= 15 is 0 Å². The molecule has 14 heteroatoms. The molecule has 10 rings (SSSR count). The molecule has 14 nitrogen and oxygen atoms in total. The Kier molecular flexibility index (Phi) is 104. The maximum Gasteiger partial charge on any atom is 0.204 e. The van der Waals surface area contributed by atoms with Crippen LogP contribution in [0.25, 0.3) is 0 Å². The van der Waals surface area contributed by atoms with Gasteiger partial charge >= 0.3 is 0 Å². The minimum absolute atomic E-state index is 0.0933. The molecular weight excluding hydrogens is 1130 g/mol. The van der Waals surface area contributed by atoms with Crippen LogP contribution in [-0.2, 0) is 4.74 Å². The van der Waals surface area contributed by atoms with Crippen molar-refractivity contribution < 1.29 is 4.74 Å². The van der Waals surface area contributed by atoms with Crippen molar-refractivity contribution in [3.63, 3.8) is 0 Å². The summed E-state index contributed by atoms with van der Waals surface area (Å²) in [4.78, 5) is 27.0. The van der Waals surface area contributed by atoms with E-state index in [4.69, 9.17) is 4.74 Å². The Labute approximate surface area is 584 Å². The standard InChI is InChI=1S/C8H18N2.C8H17N.C7H16N2.C7H15N.C7H13N.C6H11N3.C6H13NO.C6H13N.C5H11N.9C2H6/c1-3-10-6-4-5-9(2)7-8-10;1-2-9-7-5-3-4-6-8-9;1-3-9-6-4-8(2)5-7-9;2*1-2-8-6-4-3-5-7-8;1-2-9-4-3-6(5-9)7-8-6;1-2-7-3-5-8-6-4-7;1-2-7-5-3-4-6-7;1-2-6-4-3-5-6;9*1-2/h3-8H2,1-2H3;2-8H2,1H3;3-7H2,1-2H3;2-7H2,1H3;3-4H,2,5-7H2,1H3;2-5H2,1H3;2-6H2,1H3;2-6H2,1H3;2-5H2,1H3;9*1-2H3. The molecule has 0 bridgehead atoms. The molecule has 0 saturated carbocycles. The molecule has 0 aromatic heterocycles. The molecule has 8 saturated heterocycles. The average Bonchev–Trinajstić information content (AvgIpc) is 1.82. The molecule has 0 radical (unpaired) electrons. The first-order valence-electron chi connectivity index (χ1n) is 40.6. The number of hydrogen-bond acceptors (Lipinski definition) is 14. The van der Waals surface area contributed by atoms with Gasteiger partial charge in [-0.3, -0.25) is 14.7 Å². The third-order valence-electron chi connectivity index (χ3n) is 16.7. The molecule has 10 aliphatic rings. The van der Waals surface area contributed by atoms with Gasteiger partial charge in [-0.05, 0) is 196 Å². The molecular formula is C78H181N13O. The maximum atomic E-state index is 5.16. The molecule has 10 aliphatic heterocycles. The molecule has 0 N–H and O–H groups in total. The highest BCUT2D eigenvalue weighted by atomic mass is 16.5. The fourth-order valence-corrected chi connectivity index (χ4v) is 10.4. The van der Waals surface area contributed by atoms with Crippen LogP contribution in [0.1, 0.15) is 270 Å². The molecule has 1 spiro atoms. The van der Waals surface area contributed by atoms with Crippen molar-refractivity contribution in [1.82, 2.24) is 53.9 Å². The Bertz CT molecular complexity index is 1250. The van der Waals surface area contributed by atoms with Crippen molar-refractivity contribution in [2.24, 2.45) is 10.2 Å². The molecule has 10 heterocycles. The normalized spacial score (nSPS) is 20.2. The van der Waals surface area contributed by atoms with Crippen LogP contribution in [0, 0.1) is 0 Å². The zero-order valence-corrected chi connectivity index (χ0v) is 69.4. The topological polar surface area (TPSA) is 69.6 Å². The van der Waals surface area contributed by atoms with E-state index in [0.29, 0.717) is 0 Å². The highest BCUT2D eigenvalue weighted by Crippen LogP contribution is 2.37. The highest BCUT2D eigenvalue weighted by Gasteiger charge is 2.45. The lowest BCUT2D eigenvalue weighted by molar-refractivity contribution is 0.0405. The van der Waals surface area contributed by atoms with Crippen molar-refractivity contribution in [3.05, 3.63) is 12.2 Å². The summed E-state index contributed by atoms with van der Waals surface area (Å²) in [6.07, 6.45) is 22.6. The second-order valence-corrected chi connectivity index (χ2v) is 22.1. The van der Waals surface area contributed by atoms with Crippen LogP contribution in [0.3, 0.4) is 0 Å². The van der Waals surface area contributed by atoms with Crippen molar-refractivity contribution >= 4 is 0 Å². The van der Waals surface area contributed by atoms with Gasteiger partial charge in [0, 0.05) is 85.0 Å². The Hall–Kier alpha value is -1.14. The van der Waals surface area contributed by atoms with Gasteiger partial charge in [-0.2, -0.15) is 10.2 Å². The number of likely N-dealkylation sites (tertiary alicyclic amines) is 5. The summed E-state index contributed by atoms with van der Waals surface area (Å²) < 4.78 is 5.16. The van der Waals surface area contributed by atoms with Gasteiger partial charge in [0.15, 0.2) is 0 Å². The Morgan fingerprint density at radius 3 is 0.804 bits per heavy atom. The molecule has 564 valence electrons. The lowest BCUT2D eigenvalue weighted by atomic mass is 10.1. The summed E-state index contributed by atoms with van der Waals surface area (Å²) in [7, 11) is 4.39. The zero-order valence-electron chi connectivity index (χ0n) is 69.4. The fraction of sp³-hybridized carbons (Fsp3) is 0.974. The van der Waals surface area contributed by atoms with Crippen LogP contribution in [0.2, 0.25) is 0 Å². The number of piperazine rings is 1. The van der Waals surface area contributed by atoms with Gasteiger partial charge in [-0.15, -0.1) is 0 Å². The van der Waals surface area contributed by atoms with Crippen LogP contribution in [-0.4, -0.2) is 290 Å². The number of rotatable bonds is 9. The minimum atomic E-state index is 0.0933. The third kappa shape index (κ3) is 68.8. The predicted octanol–water partition coefficient (Wildman–Crippen LogP) is 17.8. The van der Waals surface area contributed by atoms with Crippen molar-refractivity contribution in [2.75, 3.05) is 230 Å². The smallest absolute Gasteiger partial charge is 0.204 e. The maximum absolute atomic E-state index is 5.16. The van der Waals surface area contributed by atoms with Gasteiger partial charge in [0.25, 0.3) is 0 Å². The summed E-state index contributed by atoms with van der Waals surface area (Å²) in [6.45, 7) is 96.5. The van der Waals surface area contributed by atoms with Crippen LogP contribution < -0.4 is 0 Å². The summed E-state index contributed by atoms with van der Waals surface area (Å²) in [5, 5.41) is 8.03. The molecule has 92 heavy (non-hydrogen) atoms. The van der Waals surface area contributed by atoms with E-state index in [9.17, 15) is 0 Å². The summed E-state index contributed by atoms with van der Waals surface area (Å²) in [6, 6.07) is 0. The molecule has 0 unspecified atom stereocenters. The zero-order chi connectivity index (χ0) is 71.9. The van der Waals surface area contributed by atoms with Gasteiger partial charge in [0.2, 0.25) is 5.66 Å². The van der Waals surface area contributed by atoms with Crippen molar-refractivity contribution in [2.45, 2.75) is 276 Å². The quantitative estimate of drug-likeness (QED) is 0.207. The second-order valence-electron chi connectivity index (χ2n) is 22.1. The molecule has 8 fully saturated rings. The third-order valence-corrected chi connectivity index (χ3v) is 16.7. The number of piperidine rings is 1. The lowest BCUT2D eigenvalue weighted by Gasteiger charge is -2.31. The van der Waals surface area contributed by atoms with E-state index in [1.807, 2.05) is 125 Å². The van der Waals surface area contributed by atoms with Crippen LogP contribution in [0.15, 0.2) is 22.4 Å². The Morgan fingerprint density at radius 2 is 0.543 bits per heavy atom. The number of nitrogens with zero attached hydrogens (tertiary/aromatic N) is 13. The summed E-state index contributed by atoms with van der Waals surface area (Å²) in [5.74, 6) is 0. The SMILES string of the molecule is CC.CC.CC.CC.CC.CC.CC.CC.CC.CCN1CC=CCC1.CCN1CCC1.CCN1CCC2(C1)N=N2.CCN1CCCC1.CCN1CCCCC1.CCN1CCCCCC1.CCN1CCCN(C)CC1.CCN1CCN(C)CC1.CCN1CCOCC1. The Morgan fingerprint density at radius 1 is 0.272 bits per heavy atom. The molecule has 0 atom stereocenters. The van der Waals surface area contributed by atoms with Gasteiger partial charge in [0.1, 0.15) is 0 Å². The number of hydrogen-bond donors (Lipinski definition) is 0. The van der Waals surface area contributed by atoms with Crippen molar-refractivity contribution in [1.29, 1.82) is 0 Å².